The number of pyridine rings is 1. The van der Waals surface area contributed by atoms with Gasteiger partial charge in [0.05, 0.1) is 37.8 Å². The Labute approximate surface area is 193 Å². The Balaban J connectivity index is 1.50. The molecule has 33 heavy (non-hydrogen) atoms. The molecule has 0 unspecified atom stereocenters. The van der Waals surface area contributed by atoms with E-state index >= 15 is 0 Å². The zero-order chi connectivity index (χ0) is 23.1. The molecule has 1 N–H and O–H groups in total. The number of fused-ring (bicyclic) bond motifs is 1. The zero-order valence-corrected chi connectivity index (χ0v) is 19.7. The van der Waals surface area contributed by atoms with Crippen molar-refractivity contribution in [2.45, 2.75) is 38.8 Å². The van der Waals surface area contributed by atoms with Crippen LogP contribution in [0.1, 0.15) is 43.9 Å². The van der Waals surface area contributed by atoms with E-state index in [0.717, 1.165) is 35.7 Å². The van der Waals surface area contributed by atoms with Gasteiger partial charge in [0.1, 0.15) is 6.33 Å². The van der Waals surface area contributed by atoms with Crippen molar-refractivity contribution in [2.24, 2.45) is 0 Å². The SMILES string of the molecule is COc1cc(-c2[nH]nc(-c3ccc([C@H](C)N(C)C4COC4)cc3)c2C(C)C)cn2ncnc12. The second kappa shape index (κ2) is 8.61. The lowest BCUT2D eigenvalue weighted by atomic mass is 9.93. The average Bonchev–Trinajstić information content (AvgIpc) is 3.44. The predicted molar refractivity (Wildman–Crippen MR) is 127 cm³/mol. The number of nitrogens with one attached hydrogen (secondary N) is 1. The standard InChI is InChI=1S/C25H30N6O2/c1-15(2)22-23(18-8-6-17(7-9-18)16(3)30(4)20-12-33-13-20)28-29-24(22)19-10-21(32-5)25-26-14-27-31(25)11-19/h6-11,14-16,20H,12-13H2,1-5H3,(H,28,29)/t16-/m0/s1. The second-order valence-corrected chi connectivity index (χ2v) is 9.00. The van der Waals surface area contributed by atoms with E-state index in [2.05, 4.69) is 72.2 Å². The summed E-state index contributed by atoms with van der Waals surface area (Å²) in [6.07, 6.45) is 3.49. The summed E-state index contributed by atoms with van der Waals surface area (Å²) in [4.78, 5) is 6.67. The number of rotatable bonds is 7. The summed E-state index contributed by atoms with van der Waals surface area (Å²) < 4.78 is 12.6. The van der Waals surface area contributed by atoms with Gasteiger partial charge in [0.25, 0.3) is 0 Å². The minimum absolute atomic E-state index is 0.273. The maximum atomic E-state index is 5.55. The zero-order valence-electron chi connectivity index (χ0n) is 19.7. The number of H-pyrrole nitrogens is 1. The molecule has 0 bridgehead atoms. The second-order valence-electron chi connectivity index (χ2n) is 9.00. The normalized spacial score (nSPS) is 15.4. The van der Waals surface area contributed by atoms with E-state index in [9.17, 15) is 0 Å². The van der Waals surface area contributed by atoms with Crippen molar-refractivity contribution in [1.29, 1.82) is 0 Å². The summed E-state index contributed by atoms with van der Waals surface area (Å²) in [5.41, 5.74) is 7.14. The molecule has 1 fully saturated rings. The lowest BCUT2D eigenvalue weighted by molar-refractivity contribution is -0.0677. The number of ether oxygens (including phenoxy) is 2. The van der Waals surface area contributed by atoms with E-state index in [1.807, 2.05) is 12.3 Å². The minimum atomic E-state index is 0.273. The first-order valence-corrected chi connectivity index (χ1v) is 11.3. The van der Waals surface area contributed by atoms with Gasteiger partial charge in [0.15, 0.2) is 11.4 Å². The molecule has 3 aromatic heterocycles. The summed E-state index contributed by atoms with van der Waals surface area (Å²) in [5, 5.41) is 12.3. The third-order valence-corrected chi connectivity index (χ3v) is 6.71. The first-order valence-electron chi connectivity index (χ1n) is 11.3. The van der Waals surface area contributed by atoms with Crippen molar-refractivity contribution in [3.63, 3.8) is 0 Å². The van der Waals surface area contributed by atoms with Gasteiger partial charge in [-0.3, -0.25) is 10.00 Å². The van der Waals surface area contributed by atoms with E-state index in [1.165, 1.54) is 17.5 Å². The Hall–Kier alpha value is -3.23. The molecule has 0 aliphatic carbocycles. The Morgan fingerprint density at radius 2 is 1.91 bits per heavy atom. The van der Waals surface area contributed by atoms with Crippen LogP contribution >= 0.6 is 0 Å². The van der Waals surface area contributed by atoms with Crippen LogP contribution in [-0.4, -0.2) is 63.1 Å². The lowest BCUT2D eigenvalue weighted by Crippen LogP contribution is -2.47. The molecule has 0 saturated carbocycles. The molecule has 8 heteroatoms. The molecule has 1 aliphatic rings. The maximum Gasteiger partial charge on any atom is 0.197 e. The van der Waals surface area contributed by atoms with Crippen molar-refractivity contribution < 1.29 is 9.47 Å². The molecule has 0 amide bonds. The van der Waals surface area contributed by atoms with Crippen LogP contribution in [0.2, 0.25) is 0 Å². The summed E-state index contributed by atoms with van der Waals surface area (Å²) in [5.74, 6) is 0.949. The highest BCUT2D eigenvalue weighted by Crippen LogP contribution is 2.37. The number of nitrogens with zero attached hydrogens (tertiary/aromatic N) is 5. The molecule has 1 atom stereocenters. The van der Waals surface area contributed by atoms with Crippen LogP contribution in [0.3, 0.4) is 0 Å². The number of hydrogen-bond donors (Lipinski definition) is 1. The molecule has 1 aliphatic heterocycles. The highest BCUT2D eigenvalue weighted by Gasteiger charge is 2.27. The van der Waals surface area contributed by atoms with E-state index in [0.29, 0.717) is 23.5 Å². The van der Waals surface area contributed by atoms with Crippen LogP contribution in [0.4, 0.5) is 0 Å². The van der Waals surface area contributed by atoms with Gasteiger partial charge in [0.2, 0.25) is 0 Å². The fourth-order valence-electron chi connectivity index (χ4n) is 4.46. The van der Waals surface area contributed by atoms with Crippen molar-refractivity contribution in [3.8, 4) is 28.3 Å². The quantitative estimate of drug-likeness (QED) is 0.456. The molecule has 0 radical (unpaired) electrons. The fraction of sp³-hybridized carbons (Fsp3) is 0.400. The van der Waals surface area contributed by atoms with Crippen LogP contribution in [0, 0.1) is 0 Å². The third kappa shape index (κ3) is 3.79. The van der Waals surface area contributed by atoms with E-state index in [4.69, 9.17) is 14.6 Å². The van der Waals surface area contributed by atoms with Gasteiger partial charge in [-0.15, -0.1) is 0 Å². The van der Waals surface area contributed by atoms with Gasteiger partial charge in [-0.2, -0.15) is 10.2 Å². The Morgan fingerprint density at radius 3 is 2.55 bits per heavy atom. The Morgan fingerprint density at radius 1 is 1.15 bits per heavy atom. The smallest absolute Gasteiger partial charge is 0.197 e. The molecular weight excluding hydrogens is 416 g/mol. The van der Waals surface area contributed by atoms with Gasteiger partial charge in [-0.1, -0.05) is 38.1 Å². The summed E-state index contributed by atoms with van der Waals surface area (Å²) >= 11 is 0. The van der Waals surface area contributed by atoms with Crippen LogP contribution in [-0.2, 0) is 4.74 Å². The van der Waals surface area contributed by atoms with Crippen molar-refractivity contribution in [1.82, 2.24) is 29.7 Å². The van der Waals surface area contributed by atoms with Crippen molar-refractivity contribution in [3.05, 3.63) is 54.0 Å². The molecule has 4 heterocycles. The predicted octanol–water partition coefficient (Wildman–Crippen LogP) is 4.31. The highest BCUT2D eigenvalue weighted by molar-refractivity contribution is 5.76. The summed E-state index contributed by atoms with van der Waals surface area (Å²) in [6, 6.07) is 11.6. The number of aromatic nitrogens is 5. The monoisotopic (exact) mass is 446 g/mol. The molecule has 1 saturated heterocycles. The van der Waals surface area contributed by atoms with Gasteiger partial charge >= 0.3 is 0 Å². The van der Waals surface area contributed by atoms with Gasteiger partial charge in [0, 0.05) is 28.9 Å². The summed E-state index contributed by atoms with van der Waals surface area (Å²) in [7, 11) is 3.82. The molecule has 0 spiro atoms. The molecule has 8 nitrogen and oxygen atoms in total. The fourth-order valence-corrected chi connectivity index (χ4v) is 4.46. The van der Waals surface area contributed by atoms with Crippen molar-refractivity contribution >= 4 is 5.65 Å². The number of benzene rings is 1. The van der Waals surface area contributed by atoms with E-state index < -0.39 is 0 Å². The highest BCUT2D eigenvalue weighted by atomic mass is 16.5. The number of methoxy groups -OCH3 is 1. The average molecular weight is 447 g/mol. The first kappa shape index (κ1) is 21.6. The molecular formula is C25H30N6O2. The third-order valence-electron chi connectivity index (χ3n) is 6.71. The van der Waals surface area contributed by atoms with Crippen LogP contribution < -0.4 is 4.74 Å². The lowest BCUT2D eigenvalue weighted by Gasteiger charge is -2.38. The number of hydrogen-bond acceptors (Lipinski definition) is 6. The van der Waals surface area contributed by atoms with Crippen molar-refractivity contribution in [2.75, 3.05) is 27.4 Å². The van der Waals surface area contributed by atoms with Crippen LogP contribution in [0.25, 0.3) is 28.2 Å². The molecule has 1 aromatic carbocycles. The van der Waals surface area contributed by atoms with Crippen LogP contribution in [0.15, 0.2) is 42.9 Å². The Kier molecular flexibility index (Phi) is 5.64. The number of aromatic amines is 1. The minimum Gasteiger partial charge on any atom is -0.493 e. The molecule has 172 valence electrons. The van der Waals surface area contributed by atoms with Gasteiger partial charge in [-0.25, -0.2) is 9.50 Å². The van der Waals surface area contributed by atoms with E-state index in [1.54, 1.807) is 11.6 Å². The van der Waals surface area contributed by atoms with Gasteiger partial charge in [-0.05, 0) is 31.5 Å². The van der Waals surface area contributed by atoms with Crippen LogP contribution in [0.5, 0.6) is 5.75 Å². The first-order chi connectivity index (χ1) is 16.0. The maximum absolute atomic E-state index is 5.55. The molecule has 4 aromatic rings. The Bertz CT molecular complexity index is 1260. The topological polar surface area (TPSA) is 80.6 Å². The number of likely N-dealkylation sites (N-methyl/N-ethyl adjacent to an activating group) is 1. The molecule has 5 rings (SSSR count). The van der Waals surface area contributed by atoms with E-state index in [-0.39, 0.29) is 5.92 Å². The summed E-state index contributed by atoms with van der Waals surface area (Å²) in [6.45, 7) is 8.26. The van der Waals surface area contributed by atoms with Gasteiger partial charge < -0.3 is 9.47 Å². The largest absolute Gasteiger partial charge is 0.493 e.